The highest BCUT2D eigenvalue weighted by Gasteiger charge is 2.02. The van der Waals surface area contributed by atoms with Crippen molar-refractivity contribution in [2.45, 2.75) is 0 Å². The minimum absolute atomic E-state index is 0.109. The molecule has 0 aromatic carbocycles. The van der Waals surface area contributed by atoms with E-state index in [4.69, 9.17) is 38.6 Å². The maximum atomic E-state index is 11.6. The van der Waals surface area contributed by atoms with E-state index in [0.717, 1.165) is 0 Å². The first kappa shape index (κ1) is 32.6. The Hall–Kier alpha value is -2.40. The van der Waals surface area contributed by atoms with Gasteiger partial charge in [0.1, 0.15) is 19.8 Å². The molecule has 0 unspecified atom stereocenters. The second kappa shape index (κ2) is 24.7. The molecule has 0 aliphatic heterocycles. The molecule has 0 aromatic rings. The Labute approximate surface area is 203 Å². The summed E-state index contributed by atoms with van der Waals surface area (Å²) in [6.45, 7) is 2.68. The van der Waals surface area contributed by atoms with Gasteiger partial charge in [0.15, 0.2) is 0 Å². The number of carbonyl (C=O) groups excluding carboxylic acids is 2. The molecule has 0 spiro atoms. The van der Waals surface area contributed by atoms with Gasteiger partial charge in [-0.3, -0.25) is 9.59 Å². The Morgan fingerprint density at radius 1 is 0.486 bits per heavy atom. The molecule has 0 saturated heterocycles. The minimum atomic E-state index is -1.04. The first-order valence-corrected chi connectivity index (χ1v) is 11.1. The lowest BCUT2D eigenvalue weighted by atomic mass is 10.5. The number of carboxylic acid groups (broad SMARTS) is 2. The standard InChI is InChI=1S/C20H37N3O12/c24-17(22-2-5-31-8-11-34-15-19(26)27)13-21-1-4-30-7-10-33-14-18(25)23-3-6-32-9-12-35-16-20(28)29/h21H,1-16H2,(H,22,24)(H,23,25)(H,26,27)(H,28,29). The quantitative estimate of drug-likeness (QED) is 0.0740. The molecule has 0 saturated carbocycles. The second-order valence-electron chi connectivity index (χ2n) is 6.66. The van der Waals surface area contributed by atoms with Gasteiger partial charge >= 0.3 is 11.9 Å². The van der Waals surface area contributed by atoms with E-state index in [1.165, 1.54) is 0 Å². The number of amides is 2. The summed E-state index contributed by atoms with van der Waals surface area (Å²) in [4.78, 5) is 43.6. The summed E-state index contributed by atoms with van der Waals surface area (Å²) in [5, 5.41) is 25.0. The zero-order valence-electron chi connectivity index (χ0n) is 19.8. The smallest absolute Gasteiger partial charge is 0.329 e. The molecular formula is C20H37N3O12. The van der Waals surface area contributed by atoms with Gasteiger partial charge in [-0.2, -0.15) is 0 Å². The average molecular weight is 512 g/mol. The third-order valence-corrected chi connectivity index (χ3v) is 3.65. The normalized spacial score (nSPS) is 10.7. The van der Waals surface area contributed by atoms with Crippen LogP contribution in [0.25, 0.3) is 0 Å². The molecule has 0 rings (SSSR count). The molecule has 0 atom stereocenters. The van der Waals surface area contributed by atoms with Crippen LogP contribution in [0.2, 0.25) is 0 Å². The van der Waals surface area contributed by atoms with Crippen LogP contribution >= 0.6 is 0 Å². The van der Waals surface area contributed by atoms with Crippen LogP contribution in [0.4, 0.5) is 0 Å². The van der Waals surface area contributed by atoms with Crippen molar-refractivity contribution in [1.29, 1.82) is 0 Å². The van der Waals surface area contributed by atoms with Gasteiger partial charge < -0.3 is 54.6 Å². The fourth-order valence-corrected chi connectivity index (χ4v) is 2.13. The highest BCUT2D eigenvalue weighted by atomic mass is 16.5. The van der Waals surface area contributed by atoms with Gasteiger partial charge in [0.25, 0.3) is 0 Å². The summed E-state index contributed by atoms with van der Waals surface area (Å²) in [6, 6.07) is 0. The second-order valence-corrected chi connectivity index (χ2v) is 6.66. The molecule has 15 nitrogen and oxygen atoms in total. The van der Waals surface area contributed by atoms with Crippen LogP contribution in [0.3, 0.4) is 0 Å². The predicted molar refractivity (Wildman–Crippen MR) is 119 cm³/mol. The van der Waals surface area contributed by atoms with Gasteiger partial charge in [-0.05, 0) is 0 Å². The molecule has 35 heavy (non-hydrogen) atoms. The number of rotatable bonds is 26. The zero-order valence-corrected chi connectivity index (χ0v) is 19.8. The van der Waals surface area contributed by atoms with E-state index in [0.29, 0.717) is 39.5 Å². The Morgan fingerprint density at radius 2 is 0.886 bits per heavy atom. The maximum absolute atomic E-state index is 11.6. The van der Waals surface area contributed by atoms with Crippen molar-refractivity contribution in [1.82, 2.24) is 16.0 Å². The van der Waals surface area contributed by atoms with Crippen LogP contribution in [0.1, 0.15) is 0 Å². The zero-order chi connectivity index (χ0) is 26.0. The molecule has 0 bridgehead atoms. The Morgan fingerprint density at radius 3 is 1.37 bits per heavy atom. The van der Waals surface area contributed by atoms with Gasteiger partial charge in [-0.1, -0.05) is 0 Å². The van der Waals surface area contributed by atoms with Crippen LogP contribution < -0.4 is 16.0 Å². The van der Waals surface area contributed by atoms with Crippen molar-refractivity contribution in [2.75, 3.05) is 105 Å². The Bertz CT molecular complexity index is 532. The number of aliphatic carboxylic acids is 2. The first-order valence-electron chi connectivity index (χ1n) is 11.1. The molecule has 15 heteroatoms. The molecular weight excluding hydrogens is 474 g/mol. The highest BCUT2D eigenvalue weighted by molar-refractivity contribution is 5.78. The average Bonchev–Trinajstić information content (AvgIpc) is 2.81. The summed E-state index contributed by atoms with van der Waals surface area (Å²) in [5.41, 5.74) is 0. The molecule has 0 aromatic heterocycles. The minimum Gasteiger partial charge on any atom is -0.480 e. The lowest BCUT2D eigenvalue weighted by Gasteiger charge is -2.09. The largest absolute Gasteiger partial charge is 0.480 e. The van der Waals surface area contributed by atoms with E-state index < -0.39 is 11.9 Å². The lowest BCUT2D eigenvalue weighted by Crippen LogP contribution is -2.37. The van der Waals surface area contributed by atoms with E-state index in [2.05, 4.69) is 16.0 Å². The van der Waals surface area contributed by atoms with Crippen molar-refractivity contribution in [3.8, 4) is 0 Å². The van der Waals surface area contributed by atoms with E-state index in [1.54, 1.807) is 0 Å². The molecule has 204 valence electrons. The summed E-state index contributed by atoms with van der Waals surface area (Å²) >= 11 is 0. The third-order valence-electron chi connectivity index (χ3n) is 3.65. The number of ether oxygens (including phenoxy) is 6. The van der Waals surface area contributed by atoms with Gasteiger partial charge in [-0.25, -0.2) is 9.59 Å². The van der Waals surface area contributed by atoms with Crippen LogP contribution in [-0.4, -0.2) is 139 Å². The van der Waals surface area contributed by atoms with Crippen molar-refractivity contribution in [2.24, 2.45) is 0 Å². The molecule has 0 aliphatic carbocycles. The third kappa shape index (κ3) is 27.7. The molecule has 0 aliphatic rings. The molecule has 5 N–H and O–H groups in total. The molecule has 0 fully saturated rings. The molecule has 2 amide bonds. The van der Waals surface area contributed by atoms with Gasteiger partial charge in [0, 0.05) is 19.6 Å². The SMILES string of the molecule is O=C(O)COCCOCCNC(=O)CNCCOCCOCC(=O)NCCOCCOCC(=O)O. The molecule has 0 heterocycles. The van der Waals surface area contributed by atoms with Crippen LogP contribution in [0.5, 0.6) is 0 Å². The van der Waals surface area contributed by atoms with Crippen LogP contribution in [0.15, 0.2) is 0 Å². The summed E-state index contributed by atoms with van der Waals surface area (Å²) in [6.07, 6.45) is 0. The van der Waals surface area contributed by atoms with E-state index >= 15 is 0 Å². The molecule has 0 radical (unpaired) electrons. The number of carboxylic acids is 2. The van der Waals surface area contributed by atoms with Gasteiger partial charge in [0.05, 0.1) is 66.0 Å². The summed E-state index contributed by atoms with van der Waals surface area (Å²) in [7, 11) is 0. The van der Waals surface area contributed by atoms with E-state index in [9.17, 15) is 19.2 Å². The van der Waals surface area contributed by atoms with E-state index in [-0.39, 0.29) is 77.8 Å². The summed E-state index contributed by atoms with van der Waals surface area (Å²) in [5.74, 6) is -2.56. The Kier molecular flexibility index (Phi) is 23.0. The maximum Gasteiger partial charge on any atom is 0.329 e. The van der Waals surface area contributed by atoms with Crippen LogP contribution in [0, 0.1) is 0 Å². The number of hydrogen-bond donors (Lipinski definition) is 5. The number of carbonyl (C=O) groups is 4. The van der Waals surface area contributed by atoms with Crippen molar-refractivity contribution < 1.29 is 57.8 Å². The predicted octanol–water partition coefficient (Wildman–Crippen LogP) is -2.92. The van der Waals surface area contributed by atoms with Gasteiger partial charge in [0.2, 0.25) is 11.8 Å². The fraction of sp³-hybridized carbons (Fsp3) is 0.800. The fourth-order valence-electron chi connectivity index (χ4n) is 2.13. The van der Waals surface area contributed by atoms with Crippen molar-refractivity contribution >= 4 is 23.8 Å². The van der Waals surface area contributed by atoms with E-state index in [1.807, 2.05) is 0 Å². The van der Waals surface area contributed by atoms with Gasteiger partial charge in [-0.15, -0.1) is 0 Å². The van der Waals surface area contributed by atoms with Crippen molar-refractivity contribution in [3.05, 3.63) is 0 Å². The number of nitrogens with one attached hydrogen (secondary N) is 3. The monoisotopic (exact) mass is 511 g/mol. The Balaban J connectivity index is 3.28. The number of hydrogen-bond acceptors (Lipinski definition) is 11. The first-order chi connectivity index (χ1) is 16.9. The summed E-state index contributed by atoms with van der Waals surface area (Å²) < 4.78 is 30.5. The van der Waals surface area contributed by atoms with Crippen LogP contribution in [-0.2, 0) is 47.6 Å². The highest BCUT2D eigenvalue weighted by Crippen LogP contribution is 1.82. The lowest BCUT2D eigenvalue weighted by molar-refractivity contribution is -0.143. The van der Waals surface area contributed by atoms with Crippen molar-refractivity contribution in [3.63, 3.8) is 0 Å². The topological polar surface area (TPSA) is 200 Å².